The monoisotopic (exact) mass is 346 g/mol. The van der Waals surface area contributed by atoms with Crippen molar-refractivity contribution < 1.29 is 4.74 Å². The lowest BCUT2D eigenvalue weighted by molar-refractivity contribution is 0.322. The molecule has 0 atom stereocenters. The van der Waals surface area contributed by atoms with E-state index in [-0.39, 0.29) is 0 Å². The summed E-state index contributed by atoms with van der Waals surface area (Å²) in [6.07, 6.45) is 1.91. The van der Waals surface area contributed by atoms with E-state index in [4.69, 9.17) is 10.5 Å². The first-order chi connectivity index (χ1) is 10.3. The highest BCUT2D eigenvalue weighted by atomic mass is 79.9. The molecule has 2 aromatic rings. The number of rotatable bonds is 3. The summed E-state index contributed by atoms with van der Waals surface area (Å²) in [4.78, 5) is 2.32. The summed E-state index contributed by atoms with van der Waals surface area (Å²) in [5, 5.41) is 0. The Labute approximate surface area is 133 Å². The zero-order valence-corrected chi connectivity index (χ0v) is 13.5. The van der Waals surface area contributed by atoms with Gasteiger partial charge in [-0.05, 0) is 65.1 Å². The Morgan fingerprint density at radius 1 is 1.14 bits per heavy atom. The maximum atomic E-state index is 5.83. The molecule has 0 radical (unpaired) electrons. The van der Waals surface area contributed by atoms with Crippen LogP contribution in [0.4, 0.5) is 11.4 Å². The van der Waals surface area contributed by atoms with E-state index in [9.17, 15) is 0 Å². The summed E-state index contributed by atoms with van der Waals surface area (Å²) < 4.78 is 6.93. The molecule has 0 spiro atoms. The number of para-hydroxylation sites is 2. The van der Waals surface area contributed by atoms with E-state index in [2.05, 4.69) is 51.2 Å². The first kappa shape index (κ1) is 14.4. The molecule has 1 aliphatic heterocycles. The van der Waals surface area contributed by atoms with Gasteiger partial charge in [0.1, 0.15) is 5.75 Å². The van der Waals surface area contributed by atoms with Gasteiger partial charge in [0.25, 0.3) is 0 Å². The van der Waals surface area contributed by atoms with E-state index in [1.807, 2.05) is 12.1 Å². The second-order valence-electron chi connectivity index (χ2n) is 5.15. The van der Waals surface area contributed by atoms with E-state index in [0.717, 1.165) is 41.9 Å². The predicted molar refractivity (Wildman–Crippen MR) is 90.5 cm³/mol. The van der Waals surface area contributed by atoms with Crippen molar-refractivity contribution in [1.29, 1.82) is 0 Å². The van der Waals surface area contributed by atoms with Crippen LogP contribution in [-0.2, 0) is 6.42 Å². The average molecular weight is 347 g/mol. The van der Waals surface area contributed by atoms with E-state index < -0.39 is 0 Å². The number of ether oxygens (including phenoxy) is 1. The minimum absolute atomic E-state index is 0.673. The maximum Gasteiger partial charge on any atom is 0.142 e. The Morgan fingerprint density at radius 2 is 2.00 bits per heavy atom. The molecule has 3 nitrogen and oxygen atoms in total. The van der Waals surface area contributed by atoms with Gasteiger partial charge in [0.15, 0.2) is 0 Å². The summed E-state index contributed by atoms with van der Waals surface area (Å²) in [5.74, 6) is 0.952. The average Bonchev–Trinajstić information content (AvgIpc) is 2.70. The minimum atomic E-state index is 0.673. The highest BCUT2D eigenvalue weighted by Gasteiger charge is 2.19. The normalized spacial score (nSPS) is 14.3. The Bertz CT molecular complexity index is 630. The smallest absolute Gasteiger partial charge is 0.142 e. The van der Waals surface area contributed by atoms with Crippen LogP contribution in [0.3, 0.4) is 0 Å². The van der Waals surface area contributed by atoms with Crippen molar-refractivity contribution in [3.8, 4) is 5.75 Å². The second kappa shape index (κ2) is 6.50. The number of anilines is 2. The van der Waals surface area contributed by atoms with E-state index in [1.165, 1.54) is 11.3 Å². The van der Waals surface area contributed by atoms with Gasteiger partial charge in [-0.15, -0.1) is 0 Å². The Hall–Kier alpha value is -1.52. The largest absolute Gasteiger partial charge is 0.491 e. The van der Waals surface area contributed by atoms with Gasteiger partial charge in [0.05, 0.1) is 18.0 Å². The molecule has 0 saturated heterocycles. The molecule has 0 aliphatic carbocycles. The fraction of sp³-hybridized carbons (Fsp3) is 0.294. The molecule has 1 heterocycles. The van der Waals surface area contributed by atoms with Gasteiger partial charge in [-0.2, -0.15) is 0 Å². The lowest BCUT2D eigenvalue weighted by atomic mass is 10.1. The third kappa shape index (κ3) is 3.06. The molecule has 0 saturated carbocycles. The van der Waals surface area contributed by atoms with Crippen molar-refractivity contribution in [2.45, 2.75) is 12.8 Å². The van der Waals surface area contributed by atoms with Crippen LogP contribution in [-0.4, -0.2) is 19.7 Å². The zero-order valence-electron chi connectivity index (χ0n) is 11.9. The predicted octanol–water partition coefficient (Wildman–Crippen LogP) is 3.87. The van der Waals surface area contributed by atoms with Crippen molar-refractivity contribution >= 4 is 27.3 Å². The van der Waals surface area contributed by atoms with Crippen LogP contribution in [0, 0.1) is 0 Å². The molecule has 0 amide bonds. The van der Waals surface area contributed by atoms with Crippen LogP contribution < -0.4 is 15.4 Å². The molecule has 0 aromatic heterocycles. The standard InChI is InChI=1S/C17H19BrN2O/c18-14-12-13(8-9-19)6-7-15(14)20-10-3-11-21-17-5-2-1-4-16(17)20/h1-2,4-7,12H,3,8-11,19H2. The summed E-state index contributed by atoms with van der Waals surface area (Å²) >= 11 is 3.71. The summed E-state index contributed by atoms with van der Waals surface area (Å²) in [6.45, 7) is 2.38. The topological polar surface area (TPSA) is 38.5 Å². The second-order valence-corrected chi connectivity index (χ2v) is 6.00. The Balaban J connectivity index is 2.00. The number of halogens is 1. The lowest BCUT2D eigenvalue weighted by Gasteiger charge is -2.25. The Morgan fingerprint density at radius 3 is 2.81 bits per heavy atom. The van der Waals surface area contributed by atoms with Crippen molar-refractivity contribution in [2.75, 3.05) is 24.6 Å². The third-order valence-corrected chi connectivity index (χ3v) is 4.31. The highest BCUT2D eigenvalue weighted by Crippen LogP contribution is 2.39. The molecule has 110 valence electrons. The van der Waals surface area contributed by atoms with Gasteiger partial charge in [-0.1, -0.05) is 18.2 Å². The maximum absolute atomic E-state index is 5.83. The van der Waals surface area contributed by atoms with Crippen LogP contribution in [0.25, 0.3) is 0 Å². The third-order valence-electron chi connectivity index (χ3n) is 3.68. The zero-order chi connectivity index (χ0) is 14.7. The van der Waals surface area contributed by atoms with Crippen LogP contribution in [0.5, 0.6) is 5.75 Å². The van der Waals surface area contributed by atoms with Crippen LogP contribution >= 0.6 is 15.9 Å². The first-order valence-electron chi connectivity index (χ1n) is 7.27. The number of fused-ring (bicyclic) bond motifs is 1. The Kier molecular flexibility index (Phi) is 4.46. The van der Waals surface area contributed by atoms with E-state index in [0.29, 0.717) is 6.54 Å². The van der Waals surface area contributed by atoms with Gasteiger partial charge in [-0.25, -0.2) is 0 Å². The summed E-state index contributed by atoms with van der Waals surface area (Å²) in [5.41, 5.74) is 9.19. The number of hydrogen-bond donors (Lipinski definition) is 1. The number of hydrogen-bond acceptors (Lipinski definition) is 3. The highest BCUT2D eigenvalue weighted by molar-refractivity contribution is 9.10. The lowest BCUT2D eigenvalue weighted by Crippen LogP contribution is -2.18. The van der Waals surface area contributed by atoms with Crippen LogP contribution in [0.15, 0.2) is 46.9 Å². The van der Waals surface area contributed by atoms with Gasteiger partial charge in [0.2, 0.25) is 0 Å². The molecular formula is C17H19BrN2O. The molecule has 0 bridgehead atoms. The first-order valence-corrected chi connectivity index (χ1v) is 8.07. The summed E-state index contributed by atoms with van der Waals surface area (Å²) in [6, 6.07) is 14.7. The van der Waals surface area contributed by atoms with Crippen LogP contribution in [0.2, 0.25) is 0 Å². The SMILES string of the molecule is NCCc1ccc(N2CCCOc3ccccc32)c(Br)c1. The van der Waals surface area contributed by atoms with Crippen molar-refractivity contribution in [3.63, 3.8) is 0 Å². The molecule has 2 aromatic carbocycles. The fourth-order valence-corrected chi connectivity index (χ4v) is 3.31. The van der Waals surface area contributed by atoms with Crippen molar-refractivity contribution in [1.82, 2.24) is 0 Å². The van der Waals surface area contributed by atoms with Crippen molar-refractivity contribution in [3.05, 3.63) is 52.5 Å². The molecule has 21 heavy (non-hydrogen) atoms. The minimum Gasteiger partial charge on any atom is -0.491 e. The molecule has 2 N–H and O–H groups in total. The van der Waals surface area contributed by atoms with Gasteiger partial charge >= 0.3 is 0 Å². The molecule has 4 heteroatoms. The summed E-state index contributed by atoms with van der Waals surface area (Å²) in [7, 11) is 0. The van der Waals surface area contributed by atoms with Gasteiger partial charge in [0, 0.05) is 11.0 Å². The number of nitrogens with zero attached hydrogens (tertiary/aromatic N) is 1. The quantitative estimate of drug-likeness (QED) is 0.916. The molecule has 0 fully saturated rings. The van der Waals surface area contributed by atoms with Crippen LogP contribution in [0.1, 0.15) is 12.0 Å². The fourth-order valence-electron chi connectivity index (χ4n) is 2.67. The number of nitrogens with two attached hydrogens (primary N) is 1. The van der Waals surface area contributed by atoms with E-state index in [1.54, 1.807) is 0 Å². The molecule has 0 unspecified atom stereocenters. The van der Waals surface area contributed by atoms with E-state index >= 15 is 0 Å². The molecular weight excluding hydrogens is 328 g/mol. The number of benzene rings is 2. The van der Waals surface area contributed by atoms with Crippen molar-refractivity contribution in [2.24, 2.45) is 5.73 Å². The van der Waals surface area contributed by atoms with Gasteiger partial charge in [-0.3, -0.25) is 0 Å². The molecule has 3 rings (SSSR count). The van der Waals surface area contributed by atoms with Gasteiger partial charge < -0.3 is 15.4 Å². The molecule has 1 aliphatic rings.